The lowest BCUT2D eigenvalue weighted by atomic mass is 10.2. The number of carbonyl (C=O) groups is 1. The van der Waals surface area contributed by atoms with Gasteiger partial charge in [0.1, 0.15) is 11.8 Å². The number of ether oxygens (including phenoxy) is 1. The number of amides is 1. The maximum Gasteiger partial charge on any atom is 0.276 e. The second-order valence-electron chi connectivity index (χ2n) is 6.84. The van der Waals surface area contributed by atoms with E-state index < -0.39 is 6.04 Å². The van der Waals surface area contributed by atoms with Gasteiger partial charge in [0.25, 0.3) is 5.56 Å². The Labute approximate surface area is 171 Å². The van der Waals surface area contributed by atoms with E-state index >= 15 is 0 Å². The molecule has 0 aliphatic rings. The van der Waals surface area contributed by atoms with Crippen LogP contribution in [-0.2, 0) is 11.3 Å². The van der Waals surface area contributed by atoms with E-state index in [1.54, 1.807) is 25.4 Å². The molecule has 4 rings (SSSR count). The summed E-state index contributed by atoms with van der Waals surface area (Å²) in [7, 11) is 1.59. The van der Waals surface area contributed by atoms with E-state index in [-0.39, 0.29) is 11.5 Å². The molecule has 0 spiro atoms. The molecule has 148 valence electrons. The summed E-state index contributed by atoms with van der Waals surface area (Å²) in [5.74, 6) is 0.432. The first-order valence-electron chi connectivity index (χ1n) is 9.31. The highest BCUT2D eigenvalue weighted by Gasteiger charge is 2.22. The molecule has 2 heterocycles. The smallest absolute Gasteiger partial charge is 0.276 e. The van der Waals surface area contributed by atoms with Crippen LogP contribution in [0.15, 0.2) is 53.3 Å². The summed E-state index contributed by atoms with van der Waals surface area (Å²) in [6, 6.07) is 14.6. The predicted octanol–water partition coefficient (Wildman–Crippen LogP) is 3.81. The van der Waals surface area contributed by atoms with E-state index in [9.17, 15) is 9.59 Å². The van der Waals surface area contributed by atoms with Gasteiger partial charge in [0, 0.05) is 22.2 Å². The maximum atomic E-state index is 13.2. The van der Waals surface area contributed by atoms with E-state index in [1.165, 1.54) is 4.68 Å². The number of carbonyl (C=O) groups excluding carboxylic acids is 1. The molecule has 0 radical (unpaired) electrons. The molecule has 0 aliphatic heterocycles. The number of aromatic nitrogens is 2. The number of rotatable bonds is 5. The molecular weight excluding hydrogens is 386 g/mol. The van der Waals surface area contributed by atoms with Crippen LogP contribution in [0.1, 0.15) is 24.2 Å². The summed E-state index contributed by atoms with van der Waals surface area (Å²) in [5, 5.41) is 8.85. The molecule has 0 aliphatic carbocycles. The van der Waals surface area contributed by atoms with Gasteiger partial charge in [-0.25, -0.2) is 4.68 Å². The van der Waals surface area contributed by atoms with Crippen LogP contribution in [-0.4, -0.2) is 22.8 Å². The van der Waals surface area contributed by atoms with Crippen molar-refractivity contribution in [2.24, 2.45) is 0 Å². The van der Waals surface area contributed by atoms with Crippen LogP contribution in [0.3, 0.4) is 0 Å². The highest BCUT2D eigenvalue weighted by Crippen LogP contribution is 2.32. The SMILES string of the molecule is COc1ccccc1CNC(=O)C(C)n1nc(C)c2sc3ccccc3c2c1=O. The van der Waals surface area contributed by atoms with E-state index in [1.807, 2.05) is 55.5 Å². The number of hydrogen-bond acceptors (Lipinski definition) is 5. The van der Waals surface area contributed by atoms with Crippen molar-refractivity contribution in [1.29, 1.82) is 0 Å². The number of benzene rings is 2. The van der Waals surface area contributed by atoms with Gasteiger partial charge in [-0.2, -0.15) is 5.10 Å². The molecule has 0 saturated carbocycles. The molecule has 7 heteroatoms. The van der Waals surface area contributed by atoms with Gasteiger partial charge in [0.05, 0.1) is 22.9 Å². The lowest BCUT2D eigenvalue weighted by Crippen LogP contribution is -2.37. The number of aryl methyl sites for hydroxylation is 1. The average molecular weight is 407 g/mol. The zero-order valence-corrected chi connectivity index (χ0v) is 17.2. The molecule has 29 heavy (non-hydrogen) atoms. The minimum Gasteiger partial charge on any atom is -0.496 e. The first-order chi connectivity index (χ1) is 14.0. The summed E-state index contributed by atoms with van der Waals surface area (Å²) >= 11 is 1.55. The highest BCUT2D eigenvalue weighted by atomic mass is 32.1. The van der Waals surface area contributed by atoms with E-state index in [0.717, 1.165) is 26.0 Å². The molecule has 4 aromatic rings. The Bertz CT molecular complexity index is 1280. The van der Waals surface area contributed by atoms with E-state index in [0.29, 0.717) is 17.7 Å². The van der Waals surface area contributed by atoms with Crippen LogP contribution in [0, 0.1) is 6.92 Å². The van der Waals surface area contributed by atoms with E-state index in [2.05, 4.69) is 10.4 Å². The first-order valence-corrected chi connectivity index (χ1v) is 10.1. The van der Waals surface area contributed by atoms with Gasteiger partial charge in [-0.3, -0.25) is 9.59 Å². The number of thiophene rings is 1. The number of hydrogen-bond donors (Lipinski definition) is 1. The Morgan fingerprint density at radius 3 is 2.72 bits per heavy atom. The van der Waals surface area contributed by atoms with Gasteiger partial charge >= 0.3 is 0 Å². The van der Waals surface area contributed by atoms with Crippen LogP contribution < -0.4 is 15.6 Å². The molecule has 0 bridgehead atoms. The molecule has 1 unspecified atom stereocenters. The second kappa shape index (κ2) is 7.67. The fourth-order valence-electron chi connectivity index (χ4n) is 3.43. The Hall–Kier alpha value is -3.19. The summed E-state index contributed by atoms with van der Waals surface area (Å²) in [6.45, 7) is 3.86. The molecule has 6 nitrogen and oxygen atoms in total. The van der Waals surface area contributed by atoms with Crippen LogP contribution in [0.2, 0.25) is 0 Å². The summed E-state index contributed by atoms with van der Waals surface area (Å²) in [5.41, 5.74) is 1.36. The van der Waals surface area contributed by atoms with Crippen molar-refractivity contribution < 1.29 is 9.53 Å². The van der Waals surface area contributed by atoms with Gasteiger partial charge in [-0.05, 0) is 26.0 Å². The lowest BCUT2D eigenvalue weighted by Gasteiger charge is -2.16. The molecule has 2 aromatic carbocycles. The normalized spacial score (nSPS) is 12.2. The fourth-order valence-corrected chi connectivity index (χ4v) is 4.57. The molecule has 1 amide bonds. The van der Waals surface area contributed by atoms with Gasteiger partial charge in [-0.15, -0.1) is 11.3 Å². The van der Waals surface area contributed by atoms with Gasteiger partial charge in [0.2, 0.25) is 5.91 Å². The minimum absolute atomic E-state index is 0.247. The van der Waals surface area contributed by atoms with Crippen LogP contribution in [0.4, 0.5) is 0 Å². The van der Waals surface area contributed by atoms with Crippen molar-refractivity contribution >= 4 is 37.4 Å². The van der Waals surface area contributed by atoms with Crippen LogP contribution in [0.5, 0.6) is 5.75 Å². The monoisotopic (exact) mass is 407 g/mol. The Morgan fingerprint density at radius 2 is 1.93 bits per heavy atom. The summed E-state index contributed by atoms with van der Waals surface area (Å²) < 4.78 is 8.51. The molecule has 1 N–H and O–H groups in total. The Balaban J connectivity index is 1.67. The fraction of sp³-hybridized carbons (Fsp3) is 0.227. The third-order valence-electron chi connectivity index (χ3n) is 5.00. The Morgan fingerprint density at radius 1 is 1.21 bits per heavy atom. The summed E-state index contributed by atoms with van der Waals surface area (Å²) in [4.78, 5) is 26.0. The lowest BCUT2D eigenvalue weighted by molar-refractivity contribution is -0.124. The average Bonchev–Trinajstić information content (AvgIpc) is 3.14. The largest absolute Gasteiger partial charge is 0.496 e. The summed E-state index contributed by atoms with van der Waals surface area (Å²) in [6.07, 6.45) is 0. The maximum absolute atomic E-state index is 13.2. The number of nitrogens with zero attached hydrogens (tertiary/aromatic N) is 2. The van der Waals surface area contributed by atoms with Crippen molar-refractivity contribution in [2.75, 3.05) is 7.11 Å². The third kappa shape index (κ3) is 3.38. The van der Waals surface area contributed by atoms with Gasteiger partial charge in [-0.1, -0.05) is 36.4 Å². The van der Waals surface area contributed by atoms with Crippen LogP contribution >= 0.6 is 11.3 Å². The zero-order chi connectivity index (χ0) is 20.5. The number of fused-ring (bicyclic) bond motifs is 3. The van der Waals surface area contributed by atoms with Crippen LogP contribution in [0.25, 0.3) is 20.2 Å². The van der Waals surface area contributed by atoms with Crippen molar-refractivity contribution in [1.82, 2.24) is 15.1 Å². The zero-order valence-electron chi connectivity index (χ0n) is 16.4. The van der Waals surface area contributed by atoms with Crippen molar-refractivity contribution in [2.45, 2.75) is 26.4 Å². The molecule has 1 atom stereocenters. The topological polar surface area (TPSA) is 73.2 Å². The van der Waals surface area contributed by atoms with Crippen molar-refractivity contribution in [3.8, 4) is 5.75 Å². The van der Waals surface area contributed by atoms with Gasteiger partial charge < -0.3 is 10.1 Å². The number of methoxy groups -OCH3 is 1. The van der Waals surface area contributed by atoms with Crippen molar-refractivity contribution in [3.63, 3.8) is 0 Å². The van der Waals surface area contributed by atoms with Gasteiger partial charge in [0.15, 0.2) is 0 Å². The number of para-hydroxylation sites is 1. The molecular formula is C22H21N3O3S. The highest BCUT2D eigenvalue weighted by molar-refractivity contribution is 7.26. The second-order valence-corrected chi connectivity index (χ2v) is 7.90. The minimum atomic E-state index is -0.737. The molecule has 0 saturated heterocycles. The van der Waals surface area contributed by atoms with E-state index in [4.69, 9.17) is 4.74 Å². The number of nitrogens with one attached hydrogen (secondary N) is 1. The van der Waals surface area contributed by atoms with Crippen molar-refractivity contribution in [3.05, 3.63) is 70.1 Å². The third-order valence-corrected chi connectivity index (χ3v) is 6.28. The quantitative estimate of drug-likeness (QED) is 0.546. The predicted molar refractivity (Wildman–Crippen MR) is 116 cm³/mol. The standard InChI is InChI=1S/C22H21N3O3S/c1-13-20-19(16-9-5-7-11-18(16)29-20)22(27)25(24-13)14(2)21(26)23-12-15-8-4-6-10-17(15)28-3/h4-11,14H,12H2,1-3H3,(H,23,26). The molecule has 2 aromatic heterocycles. The first kappa shape index (κ1) is 19.1. The molecule has 0 fully saturated rings. The Kier molecular flexibility index (Phi) is 5.07.